The molecule has 0 aromatic heterocycles. The van der Waals surface area contributed by atoms with Gasteiger partial charge in [0.25, 0.3) is 0 Å². The first kappa shape index (κ1) is 16.2. The lowest BCUT2D eigenvalue weighted by Gasteiger charge is -2.28. The van der Waals surface area contributed by atoms with Crippen LogP contribution in [-0.2, 0) is 9.53 Å². The summed E-state index contributed by atoms with van der Waals surface area (Å²) in [6, 6.07) is 1.82. The third-order valence-corrected chi connectivity index (χ3v) is 3.97. The molecule has 2 amide bonds. The smallest absolute Gasteiger partial charge is 0.337 e. The minimum absolute atomic E-state index is 0.0568. The number of rotatable bonds is 3. The Morgan fingerprint density at radius 3 is 2.64 bits per heavy atom. The number of phenols is 1. The zero-order valence-electron chi connectivity index (χ0n) is 12.2. The molecule has 118 valence electrons. The lowest BCUT2D eigenvalue weighted by atomic mass is 9.95. The van der Waals surface area contributed by atoms with Gasteiger partial charge in [-0.05, 0) is 24.6 Å². The van der Waals surface area contributed by atoms with E-state index in [0.717, 1.165) is 0 Å². The predicted molar refractivity (Wildman–Crippen MR) is 81.5 cm³/mol. The second kappa shape index (κ2) is 6.27. The summed E-state index contributed by atoms with van der Waals surface area (Å²) < 4.78 is 10.4. The van der Waals surface area contributed by atoms with E-state index in [2.05, 4.69) is 26.6 Å². The third kappa shape index (κ3) is 2.87. The fraction of sp³-hybridized carbons (Fsp3) is 0.286. The van der Waals surface area contributed by atoms with Gasteiger partial charge in [-0.15, -0.1) is 0 Å². The van der Waals surface area contributed by atoms with Crippen molar-refractivity contribution in [1.82, 2.24) is 10.6 Å². The number of halogens is 1. The van der Waals surface area contributed by atoms with Crippen LogP contribution in [0, 0.1) is 0 Å². The number of urea groups is 1. The number of amides is 2. The van der Waals surface area contributed by atoms with Crippen LogP contribution in [0.15, 0.2) is 27.9 Å². The van der Waals surface area contributed by atoms with Crippen molar-refractivity contribution in [2.75, 3.05) is 14.2 Å². The van der Waals surface area contributed by atoms with Crippen LogP contribution in [0.25, 0.3) is 0 Å². The molecule has 0 radical (unpaired) electrons. The largest absolute Gasteiger partial charge is 0.504 e. The monoisotopic (exact) mass is 370 g/mol. The standard InChI is InChI=1S/C14H15BrN2O5/c1-6-11(13(19)22-3)12(17-14(20)16-6)7-4-10(21-2)9(18)5-8(7)15/h4-5,12,18H,1-3H3,(H2,16,17,20)/t12-/m0/s1. The van der Waals surface area contributed by atoms with Gasteiger partial charge >= 0.3 is 12.0 Å². The molecule has 0 fully saturated rings. The van der Waals surface area contributed by atoms with Gasteiger partial charge in [0, 0.05) is 10.2 Å². The van der Waals surface area contributed by atoms with Crippen molar-refractivity contribution < 1.29 is 24.2 Å². The number of esters is 1. The molecule has 1 aliphatic rings. The molecule has 1 heterocycles. The van der Waals surface area contributed by atoms with E-state index in [4.69, 9.17) is 9.47 Å². The molecule has 1 aromatic rings. The van der Waals surface area contributed by atoms with Crippen LogP contribution in [0.3, 0.4) is 0 Å². The lowest BCUT2D eigenvalue weighted by molar-refractivity contribution is -0.136. The Morgan fingerprint density at radius 2 is 2.05 bits per heavy atom. The van der Waals surface area contributed by atoms with E-state index < -0.39 is 18.0 Å². The summed E-state index contributed by atoms with van der Waals surface area (Å²) in [5.74, 6) is -0.388. The number of ether oxygens (including phenoxy) is 2. The van der Waals surface area contributed by atoms with Crippen LogP contribution in [0.4, 0.5) is 4.79 Å². The highest BCUT2D eigenvalue weighted by molar-refractivity contribution is 9.10. The van der Waals surface area contributed by atoms with Gasteiger partial charge in [0.15, 0.2) is 11.5 Å². The van der Waals surface area contributed by atoms with E-state index in [-0.39, 0.29) is 17.1 Å². The first-order chi connectivity index (χ1) is 10.4. The second-order valence-corrected chi connectivity index (χ2v) is 5.46. The molecule has 0 saturated carbocycles. The zero-order chi connectivity index (χ0) is 16.4. The number of hydrogen-bond donors (Lipinski definition) is 3. The molecule has 0 unspecified atom stereocenters. The lowest BCUT2D eigenvalue weighted by Crippen LogP contribution is -2.45. The number of methoxy groups -OCH3 is 2. The van der Waals surface area contributed by atoms with Gasteiger partial charge in [-0.2, -0.15) is 0 Å². The van der Waals surface area contributed by atoms with Crippen LogP contribution in [0.2, 0.25) is 0 Å². The van der Waals surface area contributed by atoms with Crippen molar-refractivity contribution in [3.05, 3.63) is 33.4 Å². The van der Waals surface area contributed by atoms with Gasteiger partial charge < -0.3 is 25.2 Å². The van der Waals surface area contributed by atoms with Crippen molar-refractivity contribution >= 4 is 27.9 Å². The first-order valence-corrected chi connectivity index (χ1v) is 7.11. The summed E-state index contributed by atoms with van der Waals surface area (Å²) in [4.78, 5) is 23.8. The predicted octanol–water partition coefficient (Wildman–Crippen LogP) is 1.96. The van der Waals surface area contributed by atoms with Crippen molar-refractivity contribution in [3.63, 3.8) is 0 Å². The van der Waals surface area contributed by atoms with Crippen LogP contribution >= 0.6 is 15.9 Å². The Bertz CT molecular complexity index is 671. The minimum atomic E-state index is -0.731. The summed E-state index contributed by atoms with van der Waals surface area (Å²) in [5.41, 5.74) is 1.24. The number of carbonyl (C=O) groups is 2. The number of aromatic hydroxyl groups is 1. The SMILES string of the molecule is COC(=O)C1=C(C)NC(=O)N[C@H]1c1cc(OC)c(O)cc1Br. The van der Waals surface area contributed by atoms with E-state index >= 15 is 0 Å². The molecule has 1 atom stereocenters. The van der Waals surface area contributed by atoms with E-state index in [1.165, 1.54) is 20.3 Å². The molecule has 0 saturated heterocycles. The maximum absolute atomic E-state index is 12.0. The van der Waals surface area contributed by atoms with Gasteiger partial charge in [0.2, 0.25) is 0 Å². The molecule has 7 nitrogen and oxygen atoms in total. The summed E-state index contributed by atoms with van der Waals surface area (Å²) >= 11 is 3.32. The molecule has 1 aromatic carbocycles. The zero-order valence-corrected chi connectivity index (χ0v) is 13.8. The number of benzene rings is 1. The summed E-state index contributed by atoms with van der Waals surface area (Å²) in [5, 5.41) is 15.0. The van der Waals surface area contributed by atoms with Gasteiger partial charge in [-0.25, -0.2) is 9.59 Å². The van der Waals surface area contributed by atoms with Gasteiger partial charge in [-0.3, -0.25) is 0 Å². The van der Waals surface area contributed by atoms with Crippen molar-refractivity contribution in [3.8, 4) is 11.5 Å². The Kier molecular flexibility index (Phi) is 4.60. The van der Waals surface area contributed by atoms with Crippen LogP contribution in [0.1, 0.15) is 18.5 Å². The number of hydrogen-bond acceptors (Lipinski definition) is 5. The van der Waals surface area contributed by atoms with E-state index in [1.54, 1.807) is 13.0 Å². The number of phenolic OH excluding ortho intramolecular Hbond substituents is 1. The minimum Gasteiger partial charge on any atom is -0.504 e. The fourth-order valence-electron chi connectivity index (χ4n) is 2.25. The van der Waals surface area contributed by atoms with Gasteiger partial charge in [0.05, 0.1) is 25.8 Å². The summed E-state index contributed by atoms with van der Waals surface area (Å²) in [6.45, 7) is 1.61. The second-order valence-electron chi connectivity index (χ2n) is 4.61. The number of nitrogens with one attached hydrogen (secondary N) is 2. The van der Waals surface area contributed by atoms with Gasteiger partial charge in [0.1, 0.15) is 0 Å². The van der Waals surface area contributed by atoms with Gasteiger partial charge in [-0.1, -0.05) is 15.9 Å². The van der Waals surface area contributed by atoms with E-state index in [1.807, 2.05) is 0 Å². The Hall–Kier alpha value is -2.22. The molecular formula is C14H15BrN2O5. The molecule has 1 aliphatic heterocycles. The van der Waals surface area contributed by atoms with E-state index in [9.17, 15) is 14.7 Å². The summed E-state index contributed by atoms with van der Waals surface area (Å²) in [7, 11) is 2.68. The Labute approximate surface area is 135 Å². The highest BCUT2D eigenvalue weighted by Gasteiger charge is 2.33. The van der Waals surface area contributed by atoms with Crippen LogP contribution < -0.4 is 15.4 Å². The molecule has 0 aliphatic carbocycles. The number of carbonyl (C=O) groups excluding carboxylic acids is 2. The van der Waals surface area contributed by atoms with Crippen molar-refractivity contribution in [1.29, 1.82) is 0 Å². The van der Waals surface area contributed by atoms with Crippen LogP contribution in [0.5, 0.6) is 11.5 Å². The highest BCUT2D eigenvalue weighted by atomic mass is 79.9. The molecule has 0 bridgehead atoms. The maximum Gasteiger partial charge on any atom is 0.337 e. The third-order valence-electron chi connectivity index (χ3n) is 3.28. The van der Waals surface area contributed by atoms with Crippen molar-refractivity contribution in [2.24, 2.45) is 0 Å². The quantitative estimate of drug-likeness (QED) is 0.706. The normalized spacial score (nSPS) is 17.6. The molecule has 3 N–H and O–H groups in total. The average Bonchev–Trinajstić information content (AvgIpc) is 2.46. The fourth-order valence-corrected chi connectivity index (χ4v) is 2.81. The molecule has 0 spiro atoms. The maximum atomic E-state index is 12.0. The molecule has 2 rings (SSSR count). The Morgan fingerprint density at radius 1 is 1.36 bits per heavy atom. The van der Waals surface area contributed by atoms with Crippen molar-refractivity contribution in [2.45, 2.75) is 13.0 Å². The highest BCUT2D eigenvalue weighted by Crippen LogP contribution is 2.38. The number of allylic oxidation sites excluding steroid dienone is 1. The molecular weight excluding hydrogens is 356 g/mol. The van der Waals surface area contributed by atoms with E-state index in [0.29, 0.717) is 15.7 Å². The average molecular weight is 371 g/mol. The molecule has 22 heavy (non-hydrogen) atoms. The summed E-state index contributed by atoms with van der Waals surface area (Å²) in [6.07, 6.45) is 0. The van der Waals surface area contributed by atoms with Crippen LogP contribution in [-0.4, -0.2) is 31.3 Å². The Balaban J connectivity index is 2.60. The topological polar surface area (TPSA) is 96.9 Å². The first-order valence-electron chi connectivity index (χ1n) is 6.32. The molecule has 8 heteroatoms.